The molecule has 0 aromatic carbocycles. The molecule has 10 heteroatoms. The molecule has 0 atom stereocenters. The molecule has 2 aromatic heterocycles. The molecule has 33 heavy (non-hydrogen) atoms. The van der Waals surface area contributed by atoms with Crippen LogP contribution >= 0.6 is 15.9 Å². The van der Waals surface area contributed by atoms with E-state index in [1.807, 2.05) is 21.7 Å². The molecule has 2 fully saturated rings. The van der Waals surface area contributed by atoms with E-state index in [4.69, 9.17) is 14.7 Å². The standard InChI is InChI=1S/C23H34BrN7O2/c1-16(2)19-15-26-31-21(19)28-22(27-18-7-12-33-13-8-18)29-23(31)25-14-17-5-10-30(11-6-17)20(32)4-3-9-24/h3-4,15-18H,5-14H2,1-2H3,(H2,25,27,28,29). The maximum absolute atomic E-state index is 12.2. The molecule has 2 aliphatic rings. The lowest BCUT2D eigenvalue weighted by atomic mass is 9.97. The highest BCUT2D eigenvalue weighted by Crippen LogP contribution is 2.24. The minimum Gasteiger partial charge on any atom is -0.381 e. The Morgan fingerprint density at radius 1 is 1.24 bits per heavy atom. The van der Waals surface area contributed by atoms with Gasteiger partial charge in [-0.2, -0.15) is 19.6 Å². The van der Waals surface area contributed by atoms with Gasteiger partial charge in [0.15, 0.2) is 5.65 Å². The second-order valence-corrected chi connectivity index (χ2v) is 9.75. The van der Waals surface area contributed by atoms with E-state index in [1.54, 1.807) is 6.08 Å². The first-order valence-corrected chi connectivity index (χ1v) is 13.0. The summed E-state index contributed by atoms with van der Waals surface area (Å²) >= 11 is 3.32. The lowest BCUT2D eigenvalue weighted by Gasteiger charge is -2.31. The Morgan fingerprint density at radius 3 is 2.70 bits per heavy atom. The number of nitrogens with one attached hydrogen (secondary N) is 2. The number of aromatic nitrogens is 4. The molecule has 1 amide bonds. The predicted molar refractivity (Wildman–Crippen MR) is 133 cm³/mol. The lowest BCUT2D eigenvalue weighted by Crippen LogP contribution is -2.39. The maximum atomic E-state index is 12.2. The van der Waals surface area contributed by atoms with Crippen molar-refractivity contribution in [3.8, 4) is 0 Å². The van der Waals surface area contributed by atoms with E-state index in [0.29, 0.717) is 35.1 Å². The lowest BCUT2D eigenvalue weighted by molar-refractivity contribution is -0.127. The van der Waals surface area contributed by atoms with Gasteiger partial charge in [0.05, 0.1) is 6.20 Å². The van der Waals surface area contributed by atoms with Gasteiger partial charge in [0.1, 0.15) is 0 Å². The molecule has 0 aliphatic carbocycles. The van der Waals surface area contributed by atoms with E-state index in [0.717, 1.165) is 69.7 Å². The van der Waals surface area contributed by atoms with E-state index in [1.165, 1.54) is 0 Å². The number of rotatable bonds is 8. The average Bonchev–Trinajstić information content (AvgIpc) is 3.26. The summed E-state index contributed by atoms with van der Waals surface area (Å²) in [6.07, 6.45) is 9.24. The quantitative estimate of drug-likeness (QED) is 0.407. The third-order valence-electron chi connectivity index (χ3n) is 6.40. The molecule has 0 unspecified atom stereocenters. The van der Waals surface area contributed by atoms with Crippen molar-refractivity contribution in [2.24, 2.45) is 5.92 Å². The van der Waals surface area contributed by atoms with Crippen molar-refractivity contribution in [3.05, 3.63) is 23.9 Å². The molecule has 0 bridgehead atoms. The number of fused-ring (bicyclic) bond motifs is 1. The van der Waals surface area contributed by atoms with Crippen LogP contribution in [0.1, 0.15) is 51.0 Å². The topological polar surface area (TPSA) is 96.7 Å². The van der Waals surface area contributed by atoms with Gasteiger partial charge in [-0.15, -0.1) is 0 Å². The zero-order valence-corrected chi connectivity index (χ0v) is 21.1. The Kier molecular flexibility index (Phi) is 8.19. The van der Waals surface area contributed by atoms with Crippen LogP contribution in [0, 0.1) is 5.92 Å². The highest BCUT2D eigenvalue weighted by molar-refractivity contribution is 9.09. The molecule has 0 radical (unpaired) electrons. The number of hydrogen-bond donors (Lipinski definition) is 2. The number of hydrogen-bond acceptors (Lipinski definition) is 7. The van der Waals surface area contributed by atoms with Gasteiger partial charge in [-0.05, 0) is 43.6 Å². The second kappa shape index (κ2) is 11.3. The van der Waals surface area contributed by atoms with Crippen molar-refractivity contribution in [2.45, 2.75) is 51.5 Å². The van der Waals surface area contributed by atoms with Crippen LogP contribution in [-0.2, 0) is 9.53 Å². The molecule has 2 N–H and O–H groups in total. The minimum absolute atomic E-state index is 0.0972. The van der Waals surface area contributed by atoms with Crippen molar-refractivity contribution >= 4 is 39.4 Å². The smallest absolute Gasteiger partial charge is 0.246 e. The number of amides is 1. The number of carbonyl (C=O) groups excluding carboxylic acids is 1. The van der Waals surface area contributed by atoms with Crippen LogP contribution in [0.2, 0.25) is 0 Å². The Bertz CT molecular complexity index is 963. The van der Waals surface area contributed by atoms with Crippen LogP contribution in [-0.4, -0.2) is 74.6 Å². The Hall–Kier alpha value is -2.20. The molecular formula is C23H34BrN7O2. The van der Waals surface area contributed by atoms with E-state index in [9.17, 15) is 4.79 Å². The van der Waals surface area contributed by atoms with Crippen LogP contribution in [0.3, 0.4) is 0 Å². The fraction of sp³-hybridized carbons (Fsp3) is 0.652. The van der Waals surface area contributed by atoms with Crippen molar-refractivity contribution in [1.29, 1.82) is 0 Å². The summed E-state index contributed by atoms with van der Waals surface area (Å²) in [6, 6.07) is 0.319. The molecule has 4 heterocycles. The first-order valence-electron chi connectivity index (χ1n) is 11.9. The SMILES string of the molecule is CC(C)c1cnn2c(NCC3CCN(C(=O)C=CCBr)CC3)nc(NC3CCOCC3)nc12. The highest BCUT2D eigenvalue weighted by Gasteiger charge is 2.23. The van der Waals surface area contributed by atoms with Crippen molar-refractivity contribution in [2.75, 3.05) is 48.8 Å². The van der Waals surface area contributed by atoms with Crippen LogP contribution in [0.5, 0.6) is 0 Å². The first kappa shape index (κ1) is 23.9. The normalized spacial score (nSPS) is 18.5. The largest absolute Gasteiger partial charge is 0.381 e. The molecule has 2 aromatic rings. The van der Waals surface area contributed by atoms with Gasteiger partial charge in [0.25, 0.3) is 0 Å². The van der Waals surface area contributed by atoms with Gasteiger partial charge in [-0.3, -0.25) is 4.79 Å². The summed E-state index contributed by atoms with van der Waals surface area (Å²) in [5.41, 5.74) is 1.95. The van der Waals surface area contributed by atoms with Crippen LogP contribution in [0.25, 0.3) is 5.65 Å². The average molecular weight is 520 g/mol. The third kappa shape index (κ3) is 6.03. The summed E-state index contributed by atoms with van der Waals surface area (Å²) in [6.45, 7) is 8.20. The number of nitrogens with zero attached hydrogens (tertiary/aromatic N) is 5. The summed E-state index contributed by atoms with van der Waals surface area (Å²) in [7, 11) is 0. The van der Waals surface area contributed by atoms with Crippen LogP contribution in [0.4, 0.5) is 11.9 Å². The number of alkyl halides is 1. The summed E-state index contributed by atoms with van der Waals surface area (Å²) in [5, 5.41) is 12.3. The Balaban J connectivity index is 1.44. The number of halogens is 1. The van der Waals surface area contributed by atoms with Crippen LogP contribution in [0.15, 0.2) is 18.3 Å². The zero-order valence-electron chi connectivity index (χ0n) is 19.5. The van der Waals surface area contributed by atoms with E-state index in [2.05, 4.69) is 45.5 Å². The molecule has 0 spiro atoms. The monoisotopic (exact) mass is 519 g/mol. The molecule has 4 rings (SSSR count). The summed E-state index contributed by atoms with van der Waals surface area (Å²) < 4.78 is 7.29. The molecule has 0 saturated carbocycles. The predicted octanol–water partition coefficient (Wildman–Crippen LogP) is 3.44. The molecular weight excluding hydrogens is 486 g/mol. The molecule has 2 aliphatic heterocycles. The summed E-state index contributed by atoms with van der Waals surface area (Å²) in [4.78, 5) is 23.7. The fourth-order valence-electron chi connectivity index (χ4n) is 4.35. The molecule has 2 saturated heterocycles. The van der Waals surface area contributed by atoms with Gasteiger partial charge < -0.3 is 20.3 Å². The van der Waals surface area contributed by atoms with Gasteiger partial charge in [-0.1, -0.05) is 35.9 Å². The number of ether oxygens (including phenoxy) is 1. The Morgan fingerprint density at radius 2 is 2.00 bits per heavy atom. The number of piperidine rings is 1. The van der Waals surface area contributed by atoms with Crippen molar-refractivity contribution in [3.63, 3.8) is 0 Å². The number of anilines is 2. The van der Waals surface area contributed by atoms with Crippen molar-refractivity contribution < 1.29 is 9.53 Å². The van der Waals surface area contributed by atoms with E-state index in [-0.39, 0.29) is 5.91 Å². The van der Waals surface area contributed by atoms with Gasteiger partial charge in [0, 0.05) is 49.8 Å². The number of likely N-dealkylation sites (tertiary alicyclic amines) is 1. The molecule has 180 valence electrons. The zero-order chi connectivity index (χ0) is 23.2. The van der Waals surface area contributed by atoms with Crippen molar-refractivity contribution in [1.82, 2.24) is 24.5 Å². The third-order valence-corrected chi connectivity index (χ3v) is 6.77. The van der Waals surface area contributed by atoms with Crippen LogP contribution < -0.4 is 10.6 Å². The maximum Gasteiger partial charge on any atom is 0.246 e. The number of carbonyl (C=O) groups is 1. The fourth-order valence-corrected chi connectivity index (χ4v) is 4.54. The van der Waals surface area contributed by atoms with Gasteiger partial charge >= 0.3 is 0 Å². The first-order chi connectivity index (χ1) is 16.0. The van der Waals surface area contributed by atoms with Gasteiger partial charge in [-0.25, -0.2) is 0 Å². The van der Waals surface area contributed by atoms with E-state index < -0.39 is 0 Å². The number of allylic oxidation sites excluding steroid dienone is 1. The van der Waals surface area contributed by atoms with E-state index >= 15 is 0 Å². The Labute approximate surface area is 203 Å². The minimum atomic E-state index is 0.0972. The summed E-state index contributed by atoms with van der Waals surface area (Å²) in [5.74, 6) is 2.24. The highest BCUT2D eigenvalue weighted by atomic mass is 79.9. The van der Waals surface area contributed by atoms with Gasteiger partial charge in [0.2, 0.25) is 17.8 Å². The molecule has 9 nitrogen and oxygen atoms in total. The second-order valence-electron chi connectivity index (χ2n) is 9.10.